The van der Waals surface area contributed by atoms with Gasteiger partial charge in [0.25, 0.3) is 5.91 Å². The summed E-state index contributed by atoms with van der Waals surface area (Å²) in [6.45, 7) is 5.78. The van der Waals surface area contributed by atoms with Gasteiger partial charge in [-0.05, 0) is 24.6 Å². The molecule has 0 N–H and O–H groups in total. The second kappa shape index (κ2) is 7.80. The van der Waals surface area contributed by atoms with Crippen molar-refractivity contribution in [3.8, 4) is 0 Å². The largest absolute Gasteiger partial charge is 0.381 e. The average Bonchev–Trinajstić information content (AvgIpc) is 3.31. The van der Waals surface area contributed by atoms with Crippen LogP contribution in [0.2, 0.25) is 0 Å². The Labute approximate surface area is 181 Å². The van der Waals surface area contributed by atoms with Crippen molar-refractivity contribution in [3.05, 3.63) is 57.8 Å². The fourth-order valence-electron chi connectivity index (χ4n) is 5.17. The van der Waals surface area contributed by atoms with E-state index in [0.29, 0.717) is 32.8 Å². The van der Waals surface area contributed by atoms with Gasteiger partial charge in [0, 0.05) is 43.9 Å². The summed E-state index contributed by atoms with van der Waals surface area (Å²) >= 11 is 1.52. The van der Waals surface area contributed by atoms with Gasteiger partial charge < -0.3 is 14.5 Å². The van der Waals surface area contributed by atoms with E-state index in [1.165, 1.54) is 11.3 Å². The average molecular weight is 426 g/mol. The first-order valence-corrected chi connectivity index (χ1v) is 11.5. The first kappa shape index (κ1) is 19.7. The van der Waals surface area contributed by atoms with Crippen LogP contribution in [-0.2, 0) is 16.1 Å². The molecule has 1 aromatic heterocycles. The first-order valence-electron chi connectivity index (χ1n) is 10.6. The van der Waals surface area contributed by atoms with E-state index < -0.39 is 0 Å². The van der Waals surface area contributed by atoms with Crippen LogP contribution in [0.5, 0.6) is 0 Å². The van der Waals surface area contributed by atoms with Gasteiger partial charge in [-0.25, -0.2) is 0 Å². The Morgan fingerprint density at radius 2 is 1.90 bits per heavy atom. The molecule has 6 nitrogen and oxygen atoms in total. The highest BCUT2D eigenvalue weighted by Crippen LogP contribution is 2.42. The van der Waals surface area contributed by atoms with Gasteiger partial charge in [0.2, 0.25) is 5.91 Å². The first-order chi connectivity index (χ1) is 14.6. The Morgan fingerprint density at radius 1 is 1.13 bits per heavy atom. The van der Waals surface area contributed by atoms with E-state index >= 15 is 0 Å². The zero-order valence-electron chi connectivity index (χ0n) is 17.3. The summed E-state index contributed by atoms with van der Waals surface area (Å²) in [6, 6.07) is 13.8. The monoisotopic (exact) mass is 425 g/mol. The zero-order valence-corrected chi connectivity index (χ0v) is 18.1. The summed E-state index contributed by atoms with van der Waals surface area (Å²) in [4.78, 5) is 34.8. The molecule has 2 amide bonds. The number of thiophene rings is 1. The number of amides is 2. The molecule has 1 atom stereocenters. The SMILES string of the molecule is Cc1ccc(C(=O)N2CCN3[C@H](C2)C(=O)N(Cc2ccccc2)C32CCOCC2)s1. The topological polar surface area (TPSA) is 53.1 Å². The Hall–Kier alpha value is -2.22. The van der Waals surface area contributed by atoms with E-state index in [9.17, 15) is 9.59 Å². The number of benzene rings is 1. The minimum absolute atomic E-state index is 0.0445. The Bertz CT molecular complexity index is 938. The molecule has 1 spiro atoms. The third-order valence-electron chi connectivity index (χ3n) is 6.68. The molecule has 3 aliphatic rings. The van der Waals surface area contributed by atoms with E-state index in [2.05, 4.69) is 21.9 Å². The molecule has 0 aliphatic carbocycles. The van der Waals surface area contributed by atoms with Gasteiger partial charge >= 0.3 is 0 Å². The molecule has 3 aliphatic heterocycles. The number of ether oxygens (including phenoxy) is 1. The maximum Gasteiger partial charge on any atom is 0.264 e. The molecule has 158 valence electrons. The molecule has 3 saturated heterocycles. The van der Waals surface area contributed by atoms with Crippen molar-refractivity contribution in [2.45, 2.75) is 38.0 Å². The Morgan fingerprint density at radius 3 is 2.60 bits per heavy atom. The van der Waals surface area contributed by atoms with Gasteiger partial charge in [0.15, 0.2) is 0 Å². The van der Waals surface area contributed by atoms with Crippen molar-refractivity contribution in [2.24, 2.45) is 0 Å². The molecular formula is C23H27N3O3S. The zero-order chi connectivity index (χ0) is 20.7. The Balaban J connectivity index is 1.42. The fraction of sp³-hybridized carbons (Fsp3) is 0.478. The van der Waals surface area contributed by atoms with Gasteiger partial charge in [0.1, 0.15) is 11.7 Å². The molecule has 0 radical (unpaired) electrons. The standard InChI is InChI=1S/C23H27N3O3S/c1-17-7-8-20(30-17)22(28)24-11-12-25-19(16-24)21(27)26(15-18-5-3-2-4-6-18)23(25)9-13-29-14-10-23/h2-8,19H,9-16H2,1H3/t19-/m1/s1. The third kappa shape index (κ3) is 3.25. The lowest BCUT2D eigenvalue weighted by atomic mass is 9.96. The second-order valence-electron chi connectivity index (χ2n) is 8.38. The van der Waals surface area contributed by atoms with E-state index in [0.717, 1.165) is 34.7 Å². The summed E-state index contributed by atoms with van der Waals surface area (Å²) in [5.74, 6) is 0.184. The number of rotatable bonds is 3. The van der Waals surface area contributed by atoms with Crippen LogP contribution < -0.4 is 0 Å². The fourth-order valence-corrected chi connectivity index (χ4v) is 6.00. The predicted octanol–water partition coefficient (Wildman–Crippen LogP) is 2.73. The van der Waals surface area contributed by atoms with E-state index in [4.69, 9.17) is 4.74 Å². The summed E-state index contributed by atoms with van der Waals surface area (Å²) in [5.41, 5.74) is 0.836. The maximum absolute atomic E-state index is 13.6. The van der Waals surface area contributed by atoms with Crippen molar-refractivity contribution in [3.63, 3.8) is 0 Å². The normalized spacial score (nSPS) is 23.8. The lowest BCUT2D eigenvalue weighted by Crippen LogP contribution is -2.62. The minimum Gasteiger partial charge on any atom is -0.381 e. The molecular weight excluding hydrogens is 398 g/mol. The molecule has 30 heavy (non-hydrogen) atoms. The van der Waals surface area contributed by atoms with Crippen molar-refractivity contribution in [2.75, 3.05) is 32.8 Å². The van der Waals surface area contributed by atoms with Gasteiger partial charge in [0.05, 0.1) is 18.1 Å². The van der Waals surface area contributed by atoms with E-state index in [1.54, 1.807) is 0 Å². The smallest absolute Gasteiger partial charge is 0.264 e. The molecule has 2 aromatic rings. The van der Waals surface area contributed by atoms with Crippen molar-refractivity contribution in [1.82, 2.24) is 14.7 Å². The van der Waals surface area contributed by atoms with Gasteiger partial charge in [-0.2, -0.15) is 0 Å². The van der Waals surface area contributed by atoms with Crippen molar-refractivity contribution < 1.29 is 14.3 Å². The number of fused-ring (bicyclic) bond motifs is 2. The van der Waals surface area contributed by atoms with Crippen LogP contribution in [-0.4, -0.2) is 71.1 Å². The molecule has 0 saturated carbocycles. The molecule has 0 unspecified atom stereocenters. The van der Waals surface area contributed by atoms with Crippen LogP contribution in [0.4, 0.5) is 0 Å². The number of carbonyl (C=O) groups excluding carboxylic acids is 2. The summed E-state index contributed by atoms with van der Waals surface area (Å²) in [6.07, 6.45) is 1.64. The summed E-state index contributed by atoms with van der Waals surface area (Å²) in [5, 5.41) is 0. The number of hydrogen-bond donors (Lipinski definition) is 0. The molecule has 7 heteroatoms. The van der Waals surface area contributed by atoms with Crippen LogP contribution >= 0.6 is 11.3 Å². The molecule has 0 bridgehead atoms. The molecule has 1 aromatic carbocycles. The van der Waals surface area contributed by atoms with Crippen LogP contribution in [0.15, 0.2) is 42.5 Å². The van der Waals surface area contributed by atoms with Gasteiger partial charge in [-0.1, -0.05) is 30.3 Å². The van der Waals surface area contributed by atoms with Crippen LogP contribution in [0, 0.1) is 6.92 Å². The maximum atomic E-state index is 13.6. The quantitative estimate of drug-likeness (QED) is 0.759. The summed E-state index contributed by atoms with van der Waals surface area (Å²) < 4.78 is 5.66. The molecule has 4 heterocycles. The lowest BCUT2D eigenvalue weighted by Gasteiger charge is -2.49. The van der Waals surface area contributed by atoms with Gasteiger partial charge in [-0.3, -0.25) is 14.5 Å². The number of carbonyl (C=O) groups is 2. The van der Waals surface area contributed by atoms with E-state index in [1.807, 2.05) is 42.2 Å². The van der Waals surface area contributed by atoms with E-state index in [-0.39, 0.29) is 23.5 Å². The number of hydrogen-bond acceptors (Lipinski definition) is 5. The van der Waals surface area contributed by atoms with Crippen LogP contribution in [0.1, 0.15) is 33.0 Å². The highest BCUT2D eigenvalue weighted by Gasteiger charge is 2.58. The third-order valence-corrected chi connectivity index (χ3v) is 7.67. The van der Waals surface area contributed by atoms with Crippen molar-refractivity contribution in [1.29, 1.82) is 0 Å². The van der Waals surface area contributed by atoms with Crippen LogP contribution in [0.25, 0.3) is 0 Å². The van der Waals surface area contributed by atoms with Crippen molar-refractivity contribution >= 4 is 23.2 Å². The second-order valence-corrected chi connectivity index (χ2v) is 9.66. The minimum atomic E-state index is -0.301. The molecule has 3 fully saturated rings. The predicted molar refractivity (Wildman–Crippen MR) is 115 cm³/mol. The summed E-state index contributed by atoms with van der Waals surface area (Å²) in [7, 11) is 0. The highest BCUT2D eigenvalue weighted by atomic mass is 32.1. The lowest BCUT2D eigenvalue weighted by molar-refractivity contribution is -0.137. The number of aryl methyl sites for hydroxylation is 1. The Kier molecular flexibility index (Phi) is 5.13. The highest BCUT2D eigenvalue weighted by molar-refractivity contribution is 7.13. The van der Waals surface area contributed by atoms with Crippen LogP contribution in [0.3, 0.4) is 0 Å². The molecule has 5 rings (SSSR count). The number of piperazine rings is 1. The van der Waals surface area contributed by atoms with Gasteiger partial charge in [-0.15, -0.1) is 11.3 Å². The number of nitrogens with zero attached hydrogens (tertiary/aromatic N) is 3.